The van der Waals surface area contributed by atoms with Crippen molar-refractivity contribution in [1.29, 1.82) is 0 Å². The Morgan fingerprint density at radius 1 is 1.19 bits per heavy atom. The minimum Gasteiger partial charge on any atom is -0.326 e. The molecule has 1 amide bonds. The van der Waals surface area contributed by atoms with Gasteiger partial charge in [-0.05, 0) is 58.3 Å². The fourth-order valence-corrected chi connectivity index (χ4v) is 2.06. The molecule has 0 atom stereocenters. The highest BCUT2D eigenvalue weighted by Gasteiger charge is 2.05. The van der Waals surface area contributed by atoms with Gasteiger partial charge in [-0.2, -0.15) is 0 Å². The standard InChI is InChI=1S/C16H28N4O/c1-19(2)9-5-10-20(3)11-8-16(21)18-15-7-4-6-14(12-15)13-17/h4,6-7,12H,5,8-11,13,17H2,1-3H3,(H,18,21). The van der Waals surface area contributed by atoms with Gasteiger partial charge in [0.1, 0.15) is 0 Å². The van der Waals surface area contributed by atoms with E-state index in [0.717, 1.165) is 37.3 Å². The third-order valence-corrected chi connectivity index (χ3v) is 3.31. The average molecular weight is 292 g/mol. The second-order valence-corrected chi connectivity index (χ2v) is 5.66. The molecular weight excluding hydrogens is 264 g/mol. The third-order valence-electron chi connectivity index (χ3n) is 3.31. The van der Waals surface area contributed by atoms with Crippen molar-refractivity contribution < 1.29 is 4.79 Å². The summed E-state index contributed by atoms with van der Waals surface area (Å²) >= 11 is 0. The molecule has 0 unspecified atom stereocenters. The van der Waals surface area contributed by atoms with E-state index < -0.39 is 0 Å². The number of amides is 1. The van der Waals surface area contributed by atoms with Crippen molar-refractivity contribution >= 4 is 11.6 Å². The highest BCUT2D eigenvalue weighted by Crippen LogP contribution is 2.10. The van der Waals surface area contributed by atoms with Crippen molar-refractivity contribution in [2.45, 2.75) is 19.4 Å². The van der Waals surface area contributed by atoms with Gasteiger partial charge in [-0.25, -0.2) is 0 Å². The number of carbonyl (C=O) groups excluding carboxylic acids is 1. The van der Waals surface area contributed by atoms with Crippen LogP contribution in [0, 0.1) is 0 Å². The maximum atomic E-state index is 11.9. The number of nitrogens with two attached hydrogens (primary N) is 1. The lowest BCUT2D eigenvalue weighted by Crippen LogP contribution is -2.27. The number of carbonyl (C=O) groups is 1. The van der Waals surface area contributed by atoms with Crippen molar-refractivity contribution in [3.8, 4) is 0 Å². The molecule has 1 aromatic rings. The molecule has 0 aromatic heterocycles. The van der Waals surface area contributed by atoms with Crippen molar-refractivity contribution in [3.63, 3.8) is 0 Å². The van der Waals surface area contributed by atoms with E-state index in [2.05, 4.69) is 36.3 Å². The lowest BCUT2D eigenvalue weighted by molar-refractivity contribution is -0.116. The number of anilines is 1. The average Bonchev–Trinajstić information content (AvgIpc) is 2.45. The highest BCUT2D eigenvalue weighted by atomic mass is 16.1. The molecule has 5 heteroatoms. The molecular formula is C16H28N4O. The number of rotatable bonds is 9. The Morgan fingerprint density at radius 2 is 1.95 bits per heavy atom. The van der Waals surface area contributed by atoms with Crippen LogP contribution in [-0.4, -0.2) is 56.5 Å². The first-order valence-corrected chi connectivity index (χ1v) is 7.43. The van der Waals surface area contributed by atoms with Crippen LogP contribution in [-0.2, 0) is 11.3 Å². The molecule has 0 bridgehead atoms. The Labute approximate surface area is 128 Å². The van der Waals surface area contributed by atoms with Crippen molar-refractivity contribution in [1.82, 2.24) is 9.80 Å². The van der Waals surface area contributed by atoms with Crippen LogP contribution in [0.3, 0.4) is 0 Å². The molecule has 0 fully saturated rings. The van der Waals surface area contributed by atoms with Crippen molar-refractivity contribution in [2.24, 2.45) is 5.73 Å². The molecule has 5 nitrogen and oxygen atoms in total. The second kappa shape index (κ2) is 9.50. The van der Waals surface area contributed by atoms with Crippen LogP contribution in [0.15, 0.2) is 24.3 Å². The molecule has 0 aliphatic heterocycles. The van der Waals surface area contributed by atoms with Crippen LogP contribution in [0.5, 0.6) is 0 Å². The van der Waals surface area contributed by atoms with E-state index in [1.54, 1.807) is 0 Å². The first-order chi connectivity index (χ1) is 10.0. The maximum absolute atomic E-state index is 11.9. The molecule has 0 aliphatic carbocycles. The molecule has 0 radical (unpaired) electrons. The van der Waals surface area contributed by atoms with Crippen LogP contribution in [0.25, 0.3) is 0 Å². The molecule has 1 aromatic carbocycles. The Hall–Kier alpha value is -1.43. The molecule has 0 heterocycles. The van der Waals surface area contributed by atoms with E-state index in [1.165, 1.54) is 0 Å². The fourth-order valence-electron chi connectivity index (χ4n) is 2.06. The van der Waals surface area contributed by atoms with Gasteiger partial charge < -0.3 is 20.9 Å². The largest absolute Gasteiger partial charge is 0.326 e. The van der Waals surface area contributed by atoms with E-state index in [9.17, 15) is 4.79 Å². The predicted octanol–water partition coefficient (Wildman–Crippen LogP) is 1.36. The lowest BCUT2D eigenvalue weighted by atomic mass is 10.2. The molecule has 0 saturated carbocycles. The first-order valence-electron chi connectivity index (χ1n) is 7.43. The topological polar surface area (TPSA) is 61.6 Å². The first kappa shape index (κ1) is 17.6. The van der Waals surface area contributed by atoms with Crippen LogP contribution >= 0.6 is 0 Å². The quantitative estimate of drug-likeness (QED) is 0.721. The number of nitrogens with one attached hydrogen (secondary N) is 1. The van der Waals surface area contributed by atoms with E-state index in [0.29, 0.717) is 13.0 Å². The van der Waals surface area contributed by atoms with Crippen molar-refractivity contribution in [2.75, 3.05) is 46.1 Å². The lowest BCUT2D eigenvalue weighted by Gasteiger charge is -2.17. The SMILES string of the molecule is CN(C)CCCN(C)CCC(=O)Nc1cccc(CN)c1. The Kier molecular flexibility index (Phi) is 7.97. The number of benzene rings is 1. The van der Waals surface area contributed by atoms with E-state index in [4.69, 9.17) is 5.73 Å². The van der Waals surface area contributed by atoms with Crippen LogP contribution in [0.1, 0.15) is 18.4 Å². The minimum absolute atomic E-state index is 0.0450. The molecule has 3 N–H and O–H groups in total. The molecule has 0 saturated heterocycles. The molecule has 118 valence electrons. The highest BCUT2D eigenvalue weighted by molar-refractivity contribution is 5.90. The normalized spacial score (nSPS) is 11.1. The van der Waals surface area contributed by atoms with Crippen LogP contribution < -0.4 is 11.1 Å². The summed E-state index contributed by atoms with van der Waals surface area (Å²) in [5.74, 6) is 0.0450. The Bertz CT molecular complexity index is 434. The zero-order valence-electron chi connectivity index (χ0n) is 13.4. The number of nitrogens with zero attached hydrogens (tertiary/aromatic N) is 2. The summed E-state index contributed by atoms with van der Waals surface area (Å²) in [5.41, 5.74) is 7.43. The van der Waals surface area contributed by atoms with Gasteiger partial charge in [-0.3, -0.25) is 4.79 Å². The maximum Gasteiger partial charge on any atom is 0.225 e. The summed E-state index contributed by atoms with van der Waals surface area (Å²) in [6.07, 6.45) is 1.62. The summed E-state index contributed by atoms with van der Waals surface area (Å²) in [6, 6.07) is 7.66. The van der Waals surface area contributed by atoms with Gasteiger partial charge in [0.2, 0.25) is 5.91 Å². The predicted molar refractivity (Wildman–Crippen MR) is 88.2 cm³/mol. The van der Waals surface area contributed by atoms with E-state index in [-0.39, 0.29) is 5.91 Å². The number of hydrogen-bond donors (Lipinski definition) is 2. The minimum atomic E-state index is 0.0450. The van der Waals surface area contributed by atoms with Gasteiger partial charge in [0, 0.05) is 25.2 Å². The van der Waals surface area contributed by atoms with E-state index in [1.807, 2.05) is 24.3 Å². The zero-order chi connectivity index (χ0) is 15.7. The summed E-state index contributed by atoms with van der Waals surface area (Å²) in [7, 11) is 6.20. The summed E-state index contributed by atoms with van der Waals surface area (Å²) in [5, 5.41) is 2.92. The van der Waals surface area contributed by atoms with Crippen LogP contribution in [0.4, 0.5) is 5.69 Å². The van der Waals surface area contributed by atoms with Gasteiger partial charge in [-0.1, -0.05) is 12.1 Å². The number of hydrogen-bond acceptors (Lipinski definition) is 4. The molecule has 0 spiro atoms. The third kappa shape index (κ3) is 7.80. The fraction of sp³-hybridized carbons (Fsp3) is 0.562. The molecule has 1 rings (SSSR count). The van der Waals surface area contributed by atoms with E-state index >= 15 is 0 Å². The Balaban J connectivity index is 2.27. The van der Waals surface area contributed by atoms with Crippen LogP contribution in [0.2, 0.25) is 0 Å². The Morgan fingerprint density at radius 3 is 2.62 bits per heavy atom. The molecule has 21 heavy (non-hydrogen) atoms. The summed E-state index contributed by atoms with van der Waals surface area (Å²) in [6.45, 7) is 3.34. The molecule has 0 aliphatic rings. The van der Waals surface area contributed by atoms with Crippen molar-refractivity contribution in [3.05, 3.63) is 29.8 Å². The smallest absolute Gasteiger partial charge is 0.225 e. The summed E-state index contributed by atoms with van der Waals surface area (Å²) < 4.78 is 0. The second-order valence-electron chi connectivity index (χ2n) is 5.66. The van der Waals surface area contributed by atoms with Gasteiger partial charge in [0.25, 0.3) is 0 Å². The van der Waals surface area contributed by atoms with Gasteiger partial charge in [0.05, 0.1) is 0 Å². The van der Waals surface area contributed by atoms with Gasteiger partial charge >= 0.3 is 0 Å². The van der Waals surface area contributed by atoms with Gasteiger partial charge in [-0.15, -0.1) is 0 Å². The summed E-state index contributed by atoms with van der Waals surface area (Å²) in [4.78, 5) is 16.3. The zero-order valence-corrected chi connectivity index (χ0v) is 13.4. The monoisotopic (exact) mass is 292 g/mol. The van der Waals surface area contributed by atoms with Gasteiger partial charge in [0.15, 0.2) is 0 Å².